The molecule has 0 aliphatic carbocycles. The predicted octanol–water partition coefficient (Wildman–Crippen LogP) is 1.29. The van der Waals surface area contributed by atoms with Crippen molar-refractivity contribution < 1.29 is 18.8 Å². The number of carbonyl (C=O) groups is 1. The zero-order chi connectivity index (χ0) is 20.7. The quantitative estimate of drug-likeness (QED) is 0.740. The number of aromatic nitrogens is 3. The van der Waals surface area contributed by atoms with E-state index in [0.717, 1.165) is 39.1 Å². The number of likely N-dealkylation sites (tertiary alicyclic amines) is 2. The van der Waals surface area contributed by atoms with Gasteiger partial charge >= 0.3 is 0 Å². The van der Waals surface area contributed by atoms with Crippen LogP contribution in [0.2, 0.25) is 0 Å². The molecule has 30 heavy (non-hydrogen) atoms. The van der Waals surface area contributed by atoms with Gasteiger partial charge in [0.25, 0.3) is 5.91 Å². The van der Waals surface area contributed by atoms with Crippen molar-refractivity contribution in [2.45, 2.75) is 31.2 Å². The van der Waals surface area contributed by atoms with Crippen molar-refractivity contribution >= 4 is 5.91 Å². The van der Waals surface area contributed by atoms with Gasteiger partial charge in [-0.05, 0) is 25.8 Å². The van der Waals surface area contributed by atoms with Crippen LogP contribution >= 0.6 is 0 Å². The lowest BCUT2D eigenvalue weighted by molar-refractivity contribution is 0.0369. The van der Waals surface area contributed by atoms with Crippen LogP contribution in [0.15, 0.2) is 22.9 Å². The van der Waals surface area contributed by atoms with Gasteiger partial charge in [0.15, 0.2) is 5.82 Å². The number of carbonyl (C=O) groups excluding carboxylic acids is 1. The summed E-state index contributed by atoms with van der Waals surface area (Å²) in [7, 11) is 1.56. The van der Waals surface area contributed by atoms with Gasteiger partial charge in [0, 0.05) is 63.6 Å². The second-order valence-corrected chi connectivity index (χ2v) is 8.55. The van der Waals surface area contributed by atoms with Crippen LogP contribution in [0.25, 0.3) is 0 Å². The van der Waals surface area contributed by atoms with Gasteiger partial charge in [-0.3, -0.25) is 9.69 Å². The fourth-order valence-corrected chi connectivity index (χ4v) is 5.20. The maximum absolute atomic E-state index is 13.2. The summed E-state index contributed by atoms with van der Waals surface area (Å²) < 4.78 is 16.3. The van der Waals surface area contributed by atoms with E-state index in [2.05, 4.69) is 20.0 Å². The number of ether oxygens (including phenoxy) is 2. The number of nitrogens with zero attached hydrogens (tertiary/aromatic N) is 5. The van der Waals surface area contributed by atoms with Crippen LogP contribution in [0, 0.1) is 12.8 Å². The molecule has 0 N–H and O–H groups in total. The highest BCUT2D eigenvalue weighted by atomic mass is 16.5. The molecule has 160 valence electrons. The van der Waals surface area contributed by atoms with Crippen molar-refractivity contribution in [3.05, 3.63) is 35.6 Å². The summed E-state index contributed by atoms with van der Waals surface area (Å²) in [5.74, 6) is 2.02. The number of aryl methyl sites for hydroxylation is 1. The Morgan fingerprint density at radius 3 is 2.73 bits per heavy atom. The molecule has 2 aromatic heterocycles. The molecule has 2 atom stereocenters. The second-order valence-electron chi connectivity index (χ2n) is 8.55. The first-order valence-corrected chi connectivity index (χ1v) is 10.5. The molecule has 5 heterocycles. The lowest BCUT2D eigenvalue weighted by atomic mass is 9.81. The summed E-state index contributed by atoms with van der Waals surface area (Å²) in [5, 5.41) is 4.05. The average molecular weight is 413 g/mol. The summed E-state index contributed by atoms with van der Waals surface area (Å²) in [5.41, 5.74) is 0.240. The van der Waals surface area contributed by atoms with Gasteiger partial charge in [0.05, 0.1) is 18.1 Å². The third kappa shape index (κ3) is 3.26. The largest absolute Gasteiger partial charge is 0.481 e. The number of fused-ring (bicyclic) bond motifs is 1. The number of amides is 1. The Morgan fingerprint density at radius 1 is 1.23 bits per heavy atom. The second kappa shape index (κ2) is 7.63. The first kappa shape index (κ1) is 19.4. The minimum atomic E-state index is -0.324. The lowest BCUT2D eigenvalue weighted by Crippen LogP contribution is -2.44. The minimum absolute atomic E-state index is 0.0206. The van der Waals surface area contributed by atoms with E-state index >= 15 is 0 Å². The molecular formula is C21H27N5O4. The summed E-state index contributed by atoms with van der Waals surface area (Å²) in [6.45, 7) is 6.47. The summed E-state index contributed by atoms with van der Waals surface area (Å²) in [4.78, 5) is 26.4. The summed E-state index contributed by atoms with van der Waals surface area (Å²) in [6, 6.07) is 3.99. The first-order chi connectivity index (χ1) is 14.6. The van der Waals surface area contributed by atoms with E-state index in [9.17, 15) is 4.79 Å². The zero-order valence-electron chi connectivity index (χ0n) is 17.4. The molecule has 0 saturated carbocycles. The topological polar surface area (TPSA) is 93.8 Å². The molecule has 9 heteroatoms. The van der Waals surface area contributed by atoms with E-state index in [0.29, 0.717) is 42.3 Å². The third-order valence-corrected chi connectivity index (χ3v) is 6.78. The van der Waals surface area contributed by atoms with E-state index < -0.39 is 0 Å². The minimum Gasteiger partial charge on any atom is -0.481 e. The van der Waals surface area contributed by atoms with E-state index in [1.54, 1.807) is 25.4 Å². The van der Waals surface area contributed by atoms with Gasteiger partial charge in [-0.2, -0.15) is 4.98 Å². The average Bonchev–Trinajstić information content (AvgIpc) is 3.46. The summed E-state index contributed by atoms with van der Waals surface area (Å²) >= 11 is 0. The van der Waals surface area contributed by atoms with Gasteiger partial charge in [0.1, 0.15) is 0 Å². The number of pyridine rings is 1. The van der Waals surface area contributed by atoms with Crippen molar-refractivity contribution in [3.8, 4) is 5.88 Å². The third-order valence-electron chi connectivity index (χ3n) is 6.78. The van der Waals surface area contributed by atoms with Crippen molar-refractivity contribution in [3.63, 3.8) is 0 Å². The fraction of sp³-hybridized carbons (Fsp3) is 0.619. The molecule has 0 bridgehead atoms. The van der Waals surface area contributed by atoms with Crippen LogP contribution < -0.4 is 4.74 Å². The molecule has 2 aromatic rings. The highest BCUT2D eigenvalue weighted by Crippen LogP contribution is 2.46. The Labute approximate surface area is 175 Å². The zero-order valence-corrected chi connectivity index (χ0v) is 17.4. The summed E-state index contributed by atoms with van der Waals surface area (Å²) in [6.07, 6.45) is 3.67. The van der Waals surface area contributed by atoms with Crippen molar-refractivity contribution in [2.75, 3.05) is 46.5 Å². The van der Waals surface area contributed by atoms with Gasteiger partial charge < -0.3 is 18.9 Å². The molecular weight excluding hydrogens is 386 g/mol. The molecule has 0 aromatic carbocycles. The molecule has 0 unspecified atom stereocenters. The standard InChI is InChI=1S/C21H27N5O4/c1-14-23-20(30-24-14)21-12-25(17-5-7-29-8-6-17)10-16(21)11-26(13-21)19(27)15-3-4-18(28-2)22-9-15/h3-4,9,16-17H,5-8,10-13H2,1-2H3/t16-,21-/m1/s1. The maximum atomic E-state index is 13.2. The van der Waals surface area contributed by atoms with Crippen molar-refractivity contribution in [1.82, 2.24) is 24.9 Å². The Bertz CT molecular complexity index is 910. The smallest absolute Gasteiger partial charge is 0.255 e. The number of rotatable bonds is 4. The molecule has 9 nitrogen and oxygen atoms in total. The SMILES string of the molecule is COc1ccc(C(=O)N2C[C@H]3CN(C4CCOCC4)C[C@@]3(c3nc(C)no3)C2)cn1. The molecule has 5 rings (SSSR count). The van der Waals surface area contributed by atoms with Gasteiger partial charge in [-0.1, -0.05) is 5.16 Å². The van der Waals surface area contributed by atoms with Crippen LogP contribution in [-0.2, 0) is 10.2 Å². The van der Waals surface area contributed by atoms with Gasteiger partial charge in [0.2, 0.25) is 11.8 Å². The van der Waals surface area contributed by atoms with Crippen LogP contribution in [0.4, 0.5) is 0 Å². The first-order valence-electron chi connectivity index (χ1n) is 10.5. The van der Waals surface area contributed by atoms with E-state index in [1.807, 2.05) is 11.8 Å². The molecule has 0 radical (unpaired) electrons. The van der Waals surface area contributed by atoms with E-state index in [1.165, 1.54) is 0 Å². The highest BCUT2D eigenvalue weighted by molar-refractivity contribution is 5.94. The predicted molar refractivity (Wildman–Crippen MR) is 106 cm³/mol. The monoisotopic (exact) mass is 413 g/mol. The normalized spacial score (nSPS) is 27.4. The fourth-order valence-electron chi connectivity index (χ4n) is 5.20. The molecule has 3 aliphatic heterocycles. The molecule has 3 saturated heterocycles. The maximum Gasteiger partial charge on any atom is 0.255 e. The van der Waals surface area contributed by atoms with Gasteiger partial charge in [-0.25, -0.2) is 4.98 Å². The Balaban J connectivity index is 1.40. The Hall–Kier alpha value is -2.52. The molecule has 3 aliphatic rings. The van der Waals surface area contributed by atoms with Crippen molar-refractivity contribution in [2.24, 2.45) is 5.92 Å². The van der Waals surface area contributed by atoms with Crippen LogP contribution in [0.1, 0.15) is 34.9 Å². The molecule has 3 fully saturated rings. The Kier molecular flexibility index (Phi) is 4.94. The lowest BCUT2D eigenvalue weighted by Gasteiger charge is -2.33. The molecule has 1 amide bonds. The van der Waals surface area contributed by atoms with Crippen LogP contribution in [0.5, 0.6) is 5.88 Å². The van der Waals surface area contributed by atoms with Crippen molar-refractivity contribution in [1.29, 1.82) is 0 Å². The number of hydrogen-bond donors (Lipinski definition) is 0. The van der Waals surface area contributed by atoms with Crippen LogP contribution in [-0.4, -0.2) is 83.4 Å². The number of hydrogen-bond acceptors (Lipinski definition) is 8. The molecule has 0 spiro atoms. The highest BCUT2D eigenvalue weighted by Gasteiger charge is 2.58. The van der Waals surface area contributed by atoms with Gasteiger partial charge in [-0.15, -0.1) is 0 Å². The van der Waals surface area contributed by atoms with Crippen LogP contribution in [0.3, 0.4) is 0 Å². The van der Waals surface area contributed by atoms with E-state index in [4.69, 9.17) is 14.0 Å². The Morgan fingerprint density at radius 2 is 2.07 bits per heavy atom. The number of methoxy groups -OCH3 is 1. The van der Waals surface area contributed by atoms with E-state index in [-0.39, 0.29) is 17.2 Å².